The summed E-state index contributed by atoms with van der Waals surface area (Å²) in [5.74, 6) is 0.460. The van der Waals surface area contributed by atoms with Crippen molar-refractivity contribution in [2.75, 3.05) is 13.1 Å². The van der Waals surface area contributed by atoms with Crippen LogP contribution in [0.2, 0.25) is 10.0 Å². The van der Waals surface area contributed by atoms with Crippen molar-refractivity contribution >= 4 is 35.0 Å². The first-order valence-electron chi connectivity index (χ1n) is 12.9. The van der Waals surface area contributed by atoms with Gasteiger partial charge in [-0.15, -0.1) is 0 Å². The van der Waals surface area contributed by atoms with Crippen LogP contribution in [-0.4, -0.2) is 48.1 Å². The summed E-state index contributed by atoms with van der Waals surface area (Å²) in [6.07, 6.45) is 1.65. The molecule has 3 aliphatic rings. The topological polar surface area (TPSA) is 58.6 Å². The predicted octanol–water partition coefficient (Wildman–Crippen LogP) is 6.04. The molecule has 2 aliphatic heterocycles. The quantitative estimate of drug-likeness (QED) is 0.527. The highest BCUT2D eigenvalue weighted by Crippen LogP contribution is 2.59. The van der Waals surface area contributed by atoms with Gasteiger partial charge in [-0.1, -0.05) is 48.3 Å². The van der Waals surface area contributed by atoms with Gasteiger partial charge >= 0.3 is 0 Å². The highest BCUT2D eigenvalue weighted by atomic mass is 35.5. The number of hydrogen-bond acceptors (Lipinski definition) is 3. The lowest BCUT2D eigenvalue weighted by atomic mass is 9.56. The van der Waals surface area contributed by atoms with E-state index in [0.29, 0.717) is 28.7 Å². The van der Waals surface area contributed by atoms with Gasteiger partial charge in [0.05, 0.1) is 17.6 Å². The van der Waals surface area contributed by atoms with Crippen molar-refractivity contribution in [3.63, 3.8) is 0 Å². The maximum atomic E-state index is 13.3. The fourth-order valence-corrected chi connectivity index (χ4v) is 7.44. The van der Waals surface area contributed by atoms with Crippen molar-refractivity contribution in [1.82, 2.24) is 10.2 Å². The molecule has 36 heavy (non-hydrogen) atoms. The fourth-order valence-electron chi connectivity index (χ4n) is 7.00. The molecule has 0 spiro atoms. The van der Waals surface area contributed by atoms with E-state index in [1.807, 2.05) is 49.1 Å². The molecular formula is C29H34Cl2N2O3. The molecule has 2 saturated heterocycles. The summed E-state index contributed by atoms with van der Waals surface area (Å²) in [4.78, 5) is 28.1. The van der Waals surface area contributed by atoms with E-state index in [2.05, 4.69) is 31.3 Å². The number of fused-ring (bicyclic) bond motifs is 1. The maximum absolute atomic E-state index is 13.3. The van der Waals surface area contributed by atoms with E-state index in [0.717, 1.165) is 24.0 Å². The molecule has 7 heteroatoms. The molecule has 0 bridgehead atoms. The second-order valence-electron chi connectivity index (χ2n) is 11.1. The molecule has 1 saturated carbocycles. The van der Waals surface area contributed by atoms with Crippen LogP contribution in [-0.2, 0) is 9.53 Å². The van der Waals surface area contributed by atoms with E-state index in [-0.39, 0.29) is 47.8 Å². The molecule has 5 rings (SSSR count). The molecule has 1 N–H and O–H groups in total. The van der Waals surface area contributed by atoms with Gasteiger partial charge < -0.3 is 15.0 Å². The van der Waals surface area contributed by atoms with Crippen LogP contribution in [0, 0.1) is 11.3 Å². The second kappa shape index (κ2) is 9.66. The number of ether oxygens (including phenoxy) is 1. The minimum absolute atomic E-state index is 0.00819. The first-order valence-corrected chi connectivity index (χ1v) is 13.6. The third-order valence-corrected chi connectivity index (χ3v) is 9.13. The number of carbonyl (C=O) groups excluding carboxylic acids is 2. The third kappa shape index (κ3) is 4.44. The van der Waals surface area contributed by atoms with Crippen molar-refractivity contribution in [2.45, 2.75) is 70.6 Å². The van der Waals surface area contributed by atoms with E-state index >= 15 is 0 Å². The molecule has 2 aromatic rings. The molecular weight excluding hydrogens is 495 g/mol. The third-order valence-electron chi connectivity index (χ3n) is 8.56. The Kier molecular flexibility index (Phi) is 6.86. The molecule has 1 aliphatic carbocycles. The Balaban J connectivity index is 1.50. The highest BCUT2D eigenvalue weighted by molar-refractivity contribution is 6.32. The minimum Gasteiger partial charge on any atom is -0.372 e. The zero-order valence-corrected chi connectivity index (χ0v) is 22.8. The number of nitrogens with zero attached hydrogens (tertiary/aromatic N) is 1. The van der Waals surface area contributed by atoms with Crippen LogP contribution in [0.5, 0.6) is 0 Å². The summed E-state index contributed by atoms with van der Waals surface area (Å²) in [5.41, 5.74) is 2.37. The molecule has 0 radical (unpaired) electrons. The van der Waals surface area contributed by atoms with Gasteiger partial charge in [0.1, 0.15) is 0 Å². The van der Waals surface area contributed by atoms with E-state index in [1.54, 1.807) is 0 Å². The Morgan fingerprint density at radius 3 is 2.36 bits per heavy atom. The summed E-state index contributed by atoms with van der Waals surface area (Å²) >= 11 is 13.1. The number of halogens is 2. The molecule has 2 aromatic carbocycles. The Morgan fingerprint density at radius 2 is 1.72 bits per heavy atom. The number of benzene rings is 2. The molecule has 2 heterocycles. The molecule has 3 fully saturated rings. The zero-order valence-electron chi connectivity index (χ0n) is 21.3. The van der Waals surface area contributed by atoms with Crippen molar-refractivity contribution < 1.29 is 14.3 Å². The lowest BCUT2D eigenvalue weighted by Gasteiger charge is -2.46. The van der Waals surface area contributed by atoms with Crippen LogP contribution in [0.4, 0.5) is 0 Å². The summed E-state index contributed by atoms with van der Waals surface area (Å²) in [6.45, 7) is 9.33. The van der Waals surface area contributed by atoms with Gasteiger partial charge in [0.25, 0.3) is 5.91 Å². The number of hydrogen-bond donors (Lipinski definition) is 1. The van der Waals surface area contributed by atoms with Crippen LogP contribution in [0.1, 0.15) is 73.9 Å². The van der Waals surface area contributed by atoms with Crippen LogP contribution in [0.25, 0.3) is 0 Å². The average molecular weight is 530 g/mol. The van der Waals surface area contributed by atoms with Gasteiger partial charge in [0.2, 0.25) is 5.91 Å². The monoisotopic (exact) mass is 528 g/mol. The first-order chi connectivity index (χ1) is 17.1. The predicted molar refractivity (Wildman–Crippen MR) is 143 cm³/mol. The lowest BCUT2D eigenvalue weighted by molar-refractivity contribution is -0.129. The summed E-state index contributed by atoms with van der Waals surface area (Å²) < 4.78 is 5.79. The van der Waals surface area contributed by atoms with Crippen LogP contribution >= 0.6 is 23.2 Å². The average Bonchev–Trinajstić information content (AvgIpc) is 3.06. The van der Waals surface area contributed by atoms with Crippen molar-refractivity contribution in [1.29, 1.82) is 0 Å². The van der Waals surface area contributed by atoms with E-state index < -0.39 is 5.41 Å². The van der Waals surface area contributed by atoms with Gasteiger partial charge in [-0.3, -0.25) is 9.59 Å². The largest absolute Gasteiger partial charge is 0.372 e. The number of morpholine rings is 1. The zero-order chi connectivity index (χ0) is 25.8. The minimum atomic E-state index is -0.424. The second-order valence-corrected chi connectivity index (χ2v) is 12.0. The highest BCUT2D eigenvalue weighted by Gasteiger charge is 2.57. The Bertz CT molecular complexity index is 1160. The molecule has 7 atom stereocenters. The Morgan fingerprint density at radius 1 is 1.06 bits per heavy atom. The normalized spacial score (nSPS) is 34.3. The molecule has 0 aromatic heterocycles. The Labute approximate surface area is 223 Å². The smallest absolute Gasteiger partial charge is 0.254 e. The Hall–Kier alpha value is -2.08. The van der Waals surface area contributed by atoms with Gasteiger partial charge in [-0.05, 0) is 80.8 Å². The van der Waals surface area contributed by atoms with Crippen LogP contribution in [0.15, 0.2) is 42.5 Å². The summed E-state index contributed by atoms with van der Waals surface area (Å²) in [7, 11) is 0. The SMILES string of the molecule is CC1CN(C(=O)c2ccc([C@@H]3CC[C@@]4(C)C(=O)N[C@H](C)[C@H]4[C@H]3c3ccc(Cl)cc3)c(Cl)c2)CC(C)O1. The van der Waals surface area contributed by atoms with Gasteiger partial charge in [-0.2, -0.15) is 0 Å². The molecule has 2 unspecified atom stereocenters. The van der Waals surface area contributed by atoms with Gasteiger partial charge in [0.15, 0.2) is 0 Å². The van der Waals surface area contributed by atoms with E-state index in [1.165, 1.54) is 0 Å². The van der Waals surface area contributed by atoms with Gasteiger partial charge in [0, 0.05) is 40.7 Å². The van der Waals surface area contributed by atoms with Crippen molar-refractivity contribution in [3.8, 4) is 0 Å². The maximum Gasteiger partial charge on any atom is 0.254 e. The number of amides is 2. The summed E-state index contributed by atoms with van der Waals surface area (Å²) in [5, 5.41) is 4.50. The van der Waals surface area contributed by atoms with Gasteiger partial charge in [-0.25, -0.2) is 0 Å². The van der Waals surface area contributed by atoms with Crippen molar-refractivity contribution in [2.24, 2.45) is 11.3 Å². The fraction of sp³-hybridized carbons (Fsp3) is 0.517. The van der Waals surface area contributed by atoms with E-state index in [4.69, 9.17) is 27.9 Å². The first kappa shape index (κ1) is 25.6. The molecule has 192 valence electrons. The lowest BCUT2D eigenvalue weighted by Crippen LogP contribution is -2.48. The molecule has 2 amide bonds. The van der Waals surface area contributed by atoms with E-state index in [9.17, 15) is 9.59 Å². The van der Waals surface area contributed by atoms with Crippen molar-refractivity contribution in [3.05, 3.63) is 69.2 Å². The number of carbonyl (C=O) groups is 2. The standard InChI is InChI=1S/C29H34Cl2N2O3/c1-16-14-33(15-17(2)36-16)27(34)20-7-10-22(24(31)13-20)23-11-12-29(4)26(18(3)32-28(29)35)25(23)19-5-8-21(30)9-6-19/h5-10,13,16-18,23,25-26H,11-12,14-15H2,1-4H3,(H,32,35)/t16?,17?,18-,23+,25+,26+,29-/m1/s1. The number of nitrogens with one attached hydrogen (secondary N) is 1. The molecule has 5 nitrogen and oxygen atoms in total. The summed E-state index contributed by atoms with van der Waals surface area (Å²) in [6, 6.07) is 13.8. The number of rotatable bonds is 3. The van der Waals surface area contributed by atoms with Crippen LogP contribution in [0.3, 0.4) is 0 Å². The van der Waals surface area contributed by atoms with Crippen LogP contribution < -0.4 is 5.32 Å².